The number of aromatic nitrogens is 1. The van der Waals surface area contributed by atoms with Crippen molar-refractivity contribution in [2.75, 3.05) is 0 Å². The number of nitro benzene ring substituents is 1. The molecule has 2 aromatic rings. The Kier molecular flexibility index (Phi) is 2.41. The minimum absolute atomic E-state index is 0.0524. The van der Waals surface area contributed by atoms with Gasteiger partial charge in [-0.2, -0.15) is 0 Å². The summed E-state index contributed by atoms with van der Waals surface area (Å²) in [6.45, 7) is 0. The van der Waals surface area contributed by atoms with Crippen LogP contribution in [0.15, 0.2) is 54.8 Å². The molecule has 0 unspecified atom stereocenters. The number of benzene rings is 1. The molecule has 1 aliphatic carbocycles. The summed E-state index contributed by atoms with van der Waals surface area (Å²) in [5, 5.41) is 11.7. The van der Waals surface area contributed by atoms with Crippen molar-refractivity contribution in [3.8, 4) is 0 Å². The third-order valence-electron chi connectivity index (χ3n) is 3.04. The Bertz CT molecular complexity index is 677. The number of nitro groups is 1. The van der Waals surface area contributed by atoms with Gasteiger partial charge in [-0.3, -0.25) is 10.1 Å². The zero-order valence-electron chi connectivity index (χ0n) is 9.48. The Morgan fingerprint density at radius 3 is 2.72 bits per heavy atom. The lowest BCUT2D eigenvalue weighted by molar-refractivity contribution is -0.383. The zero-order valence-corrected chi connectivity index (χ0v) is 9.48. The van der Waals surface area contributed by atoms with E-state index in [1.54, 1.807) is 12.3 Å². The van der Waals surface area contributed by atoms with Gasteiger partial charge in [0.1, 0.15) is 5.52 Å². The molecule has 0 radical (unpaired) electrons. The smallest absolute Gasteiger partial charge is 0.258 e. The van der Waals surface area contributed by atoms with E-state index in [0.29, 0.717) is 5.52 Å². The average molecular weight is 238 g/mol. The van der Waals surface area contributed by atoms with Crippen LogP contribution in [0.2, 0.25) is 0 Å². The average Bonchev–Trinajstić information content (AvgIpc) is 2.91. The van der Waals surface area contributed by atoms with Gasteiger partial charge in [0, 0.05) is 23.6 Å². The first-order valence-electron chi connectivity index (χ1n) is 5.64. The van der Waals surface area contributed by atoms with E-state index in [1.807, 2.05) is 24.3 Å². The Morgan fingerprint density at radius 1 is 1.22 bits per heavy atom. The maximum absolute atomic E-state index is 10.9. The lowest BCUT2D eigenvalue weighted by Crippen LogP contribution is -1.94. The highest BCUT2D eigenvalue weighted by Crippen LogP contribution is 2.28. The number of nitrogens with zero attached hydrogens (tertiary/aromatic N) is 2. The molecule has 3 rings (SSSR count). The van der Waals surface area contributed by atoms with Crippen LogP contribution in [0.4, 0.5) is 5.69 Å². The summed E-state index contributed by atoms with van der Waals surface area (Å²) in [7, 11) is 0. The minimum atomic E-state index is -0.398. The molecule has 4 nitrogen and oxygen atoms in total. The maximum atomic E-state index is 10.9. The number of allylic oxidation sites excluding steroid dienone is 4. The second-order valence-electron chi connectivity index (χ2n) is 4.17. The van der Waals surface area contributed by atoms with Crippen molar-refractivity contribution in [3.05, 3.63) is 70.4 Å². The van der Waals surface area contributed by atoms with Gasteiger partial charge >= 0.3 is 0 Å². The van der Waals surface area contributed by atoms with Crippen LogP contribution in [0.5, 0.6) is 0 Å². The molecule has 1 aromatic carbocycles. The molecule has 88 valence electrons. The lowest BCUT2D eigenvalue weighted by Gasteiger charge is -2.06. The summed E-state index contributed by atoms with van der Waals surface area (Å²) in [5.74, 6) is 0.223. The first-order valence-corrected chi connectivity index (χ1v) is 5.64. The van der Waals surface area contributed by atoms with Gasteiger partial charge in [0.2, 0.25) is 0 Å². The summed E-state index contributed by atoms with van der Waals surface area (Å²) in [5.41, 5.74) is 1.54. The molecule has 0 aliphatic heterocycles. The third-order valence-corrected chi connectivity index (χ3v) is 3.04. The van der Waals surface area contributed by atoms with Crippen LogP contribution in [0.25, 0.3) is 10.9 Å². The molecule has 0 spiro atoms. The SMILES string of the molecule is O=[N+]([O-])c1cccc2cc(C3C=CC=C3)cnc12. The number of rotatable bonds is 2. The van der Waals surface area contributed by atoms with Crippen molar-refractivity contribution in [3.63, 3.8) is 0 Å². The Labute approximate surface area is 103 Å². The van der Waals surface area contributed by atoms with Gasteiger partial charge in [0.15, 0.2) is 0 Å². The van der Waals surface area contributed by atoms with Crippen LogP contribution < -0.4 is 0 Å². The fourth-order valence-electron chi connectivity index (χ4n) is 2.15. The molecule has 1 aliphatic rings. The lowest BCUT2D eigenvalue weighted by atomic mass is 10.0. The van der Waals surface area contributed by atoms with Crippen molar-refractivity contribution >= 4 is 16.6 Å². The van der Waals surface area contributed by atoms with E-state index in [0.717, 1.165) is 10.9 Å². The molecule has 0 fully saturated rings. The van der Waals surface area contributed by atoms with Crippen molar-refractivity contribution < 1.29 is 4.92 Å². The summed E-state index contributed by atoms with van der Waals surface area (Å²) >= 11 is 0. The number of hydrogen-bond donors (Lipinski definition) is 0. The highest BCUT2D eigenvalue weighted by molar-refractivity contribution is 5.87. The highest BCUT2D eigenvalue weighted by atomic mass is 16.6. The first kappa shape index (κ1) is 10.7. The van der Waals surface area contributed by atoms with Crippen LogP contribution >= 0.6 is 0 Å². The van der Waals surface area contributed by atoms with Crippen molar-refractivity contribution in [1.29, 1.82) is 0 Å². The molecular formula is C14H10N2O2. The number of para-hydroxylation sites is 1. The van der Waals surface area contributed by atoms with Crippen LogP contribution in [0.3, 0.4) is 0 Å². The zero-order chi connectivity index (χ0) is 12.5. The Hall–Kier alpha value is -2.49. The van der Waals surface area contributed by atoms with Gasteiger partial charge in [-0.05, 0) is 11.6 Å². The molecule has 1 heterocycles. The monoisotopic (exact) mass is 238 g/mol. The van der Waals surface area contributed by atoms with E-state index < -0.39 is 4.92 Å². The Morgan fingerprint density at radius 2 is 2.00 bits per heavy atom. The van der Waals surface area contributed by atoms with Crippen LogP contribution in [-0.4, -0.2) is 9.91 Å². The second kappa shape index (κ2) is 4.07. The molecule has 1 aromatic heterocycles. The van der Waals surface area contributed by atoms with Gasteiger partial charge in [-0.25, -0.2) is 4.98 Å². The van der Waals surface area contributed by atoms with Crippen molar-refractivity contribution in [2.45, 2.75) is 5.92 Å². The summed E-state index contributed by atoms with van der Waals surface area (Å²) in [4.78, 5) is 14.7. The number of non-ortho nitro benzene ring substituents is 1. The molecular weight excluding hydrogens is 228 g/mol. The summed E-state index contributed by atoms with van der Waals surface area (Å²) in [6, 6.07) is 6.97. The second-order valence-corrected chi connectivity index (χ2v) is 4.17. The van der Waals surface area contributed by atoms with E-state index in [2.05, 4.69) is 17.1 Å². The van der Waals surface area contributed by atoms with E-state index in [-0.39, 0.29) is 11.6 Å². The Balaban J connectivity index is 2.16. The van der Waals surface area contributed by atoms with E-state index in [1.165, 1.54) is 6.07 Å². The fourth-order valence-corrected chi connectivity index (χ4v) is 2.15. The van der Waals surface area contributed by atoms with E-state index in [4.69, 9.17) is 0 Å². The molecule has 0 N–H and O–H groups in total. The predicted octanol–water partition coefficient (Wildman–Crippen LogP) is 3.35. The van der Waals surface area contributed by atoms with Crippen LogP contribution in [0.1, 0.15) is 11.5 Å². The molecule has 0 saturated carbocycles. The van der Waals surface area contributed by atoms with Crippen LogP contribution in [-0.2, 0) is 0 Å². The molecule has 4 heteroatoms. The molecule has 0 amide bonds. The summed E-state index contributed by atoms with van der Waals surface area (Å²) in [6.07, 6.45) is 9.82. The standard InChI is InChI=1S/C14H10N2O2/c17-16(18)13-7-3-6-11-8-12(9-15-14(11)13)10-4-1-2-5-10/h1-10H. The normalized spacial score (nSPS) is 14.4. The first-order chi connectivity index (χ1) is 8.75. The van der Waals surface area contributed by atoms with E-state index in [9.17, 15) is 10.1 Å². The fraction of sp³-hybridized carbons (Fsp3) is 0.0714. The maximum Gasteiger partial charge on any atom is 0.295 e. The molecule has 0 bridgehead atoms. The highest BCUT2D eigenvalue weighted by Gasteiger charge is 2.14. The minimum Gasteiger partial charge on any atom is -0.258 e. The van der Waals surface area contributed by atoms with Crippen molar-refractivity contribution in [2.24, 2.45) is 0 Å². The van der Waals surface area contributed by atoms with Gasteiger partial charge in [0.25, 0.3) is 5.69 Å². The van der Waals surface area contributed by atoms with Gasteiger partial charge in [-0.1, -0.05) is 36.4 Å². The van der Waals surface area contributed by atoms with Crippen LogP contribution in [0, 0.1) is 10.1 Å². The predicted molar refractivity (Wildman–Crippen MR) is 69.4 cm³/mol. The number of pyridine rings is 1. The topological polar surface area (TPSA) is 56.0 Å². The molecule has 0 saturated heterocycles. The number of hydrogen-bond acceptors (Lipinski definition) is 3. The van der Waals surface area contributed by atoms with Gasteiger partial charge in [-0.15, -0.1) is 0 Å². The van der Waals surface area contributed by atoms with Gasteiger partial charge in [0.05, 0.1) is 4.92 Å². The molecule has 18 heavy (non-hydrogen) atoms. The van der Waals surface area contributed by atoms with Crippen molar-refractivity contribution in [1.82, 2.24) is 4.98 Å². The van der Waals surface area contributed by atoms with Gasteiger partial charge < -0.3 is 0 Å². The summed E-state index contributed by atoms with van der Waals surface area (Å²) < 4.78 is 0. The number of fused-ring (bicyclic) bond motifs is 1. The third kappa shape index (κ3) is 1.68. The largest absolute Gasteiger partial charge is 0.295 e. The molecule has 0 atom stereocenters. The quantitative estimate of drug-likeness (QED) is 0.595. The van der Waals surface area contributed by atoms with E-state index >= 15 is 0 Å².